The van der Waals surface area contributed by atoms with Gasteiger partial charge in [0, 0.05) is 70.6 Å². The van der Waals surface area contributed by atoms with Gasteiger partial charge in [-0.15, -0.1) is 0 Å². The second kappa shape index (κ2) is 10.8. The van der Waals surface area contributed by atoms with Crippen molar-refractivity contribution in [3.8, 4) is 0 Å². The maximum atomic E-state index is 12.1. The van der Waals surface area contributed by atoms with Crippen molar-refractivity contribution in [2.75, 3.05) is 57.0 Å². The fourth-order valence-electron chi connectivity index (χ4n) is 5.13. The molecule has 2 aromatic heterocycles. The van der Waals surface area contributed by atoms with E-state index in [1.165, 1.54) is 6.08 Å². The zero-order valence-corrected chi connectivity index (χ0v) is 22.2. The van der Waals surface area contributed by atoms with Gasteiger partial charge in [0.25, 0.3) is 0 Å². The van der Waals surface area contributed by atoms with Gasteiger partial charge in [-0.05, 0) is 30.2 Å². The van der Waals surface area contributed by atoms with Crippen LogP contribution in [-0.2, 0) is 27.4 Å². The van der Waals surface area contributed by atoms with Gasteiger partial charge in [0.15, 0.2) is 0 Å². The maximum Gasteiger partial charge on any atom is 0.246 e. The van der Waals surface area contributed by atoms with Crippen LogP contribution in [0.1, 0.15) is 34.9 Å². The highest BCUT2D eigenvalue weighted by Gasteiger charge is 2.31. The van der Waals surface area contributed by atoms with Crippen LogP contribution in [0.2, 0.25) is 0 Å². The molecule has 2 aliphatic heterocycles. The van der Waals surface area contributed by atoms with Gasteiger partial charge in [-0.25, -0.2) is 4.98 Å². The lowest BCUT2D eigenvalue weighted by Gasteiger charge is -2.37. The minimum atomic E-state index is -0.170. The number of benzene rings is 1. The Bertz CT molecular complexity index is 1360. The summed E-state index contributed by atoms with van der Waals surface area (Å²) in [7, 11) is 3.49. The Hall–Kier alpha value is -3.99. The molecular weight excluding hydrogens is 484 g/mol. The number of carbonyl (C=O) groups excluding carboxylic acids is 2. The number of fused-ring (bicyclic) bond motifs is 2. The predicted molar refractivity (Wildman–Crippen MR) is 145 cm³/mol. The second-order valence-corrected chi connectivity index (χ2v) is 9.91. The highest BCUT2D eigenvalue weighted by atomic mass is 16.5. The zero-order valence-electron chi connectivity index (χ0n) is 22.2. The van der Waals surface area contributed by atoms with Crippen LogP contribution in [0.15, 0.2) is 31.0 Å². The van der Waals surface area contributed by atoms with Crippen molar-refractivity contribution >= 4 is 34.5 Å². The summed E-state index contributed by atoms with van der Waals surface area (Å²) in [6, 6.07) is 4.12. The number of H-pyrrole nitrogens is 1. The normalized spacial score (nSPS) is 17.3. The van der Waals surface area contributed by atoms with E-state index in [1.54, 1.807) is 23.9 Å². The first kappa shape index (κ1) is 25.7. The van der Waals surface area contributed by atoms with Gasteiger partial charge < -0.3 is 24.8 Å². The van der Waals surface area contributed by atoms with Crippen molar-refractivity contribution in [2.24, 2.45) is 0 Å². The molecule has 0 bridgehead atoms. The number of nitrogens with zero attached hydrogens (tertiary/aromatic N) is 6. The zero-order chi connectivity index (χ0) is 26.8. The third-order valence-corrected chi connectivity index (χ3v) is 7.27. The molecule has 5 rings (SSSR count). The molecule has 1 unspecified atom stereocenters. The Kier molecular flexibility index (Phi) is 7.28. The second-order valence-electron chi connectivity index (χ2n) is 9.91. The molecule has 2 N–H and O–H groups in total. The lowest BCUT2D eigenvalue weighted by Crippen LogP contribution is -2.49. The van der Waals surface area contributed by atoms with Gasteiger partial charge in [-0.3, -0.25) is 14.7 Å². The van der Waals surface area contributed by atoms with Gasteiger partial charge in [0.05, 0.1) is 30.1 Å². The topological polar surface area (TPSA) is 120 Å². The molecule has 0 aliphatic carbocycles. The molecule has 1 atom stereocenters. The molecule has 0 radical (unpaired) electrons. The van der Waals surface area contributed by atoms with E-state index >= 15 is 0 Å². The standard InChI is InChI=1S/C27H34N8O3/c1-5-23(36)34-10-12-35(13-11-34)26-19-16-38-22(25-17(2)6-7-20-18(25)15-29-32-20)14-21(19)30-27(31-26)28-9-8-24(37)33(3)4/h5-7,15,22H,1,8-14,16H2,2-4H3,(H,29,32)(H,28,30,31). The minimum absolute atomic E-state index is 0.0378. The number of hydrogen-bond acceptors (Lipinski definition) is 8. The van der Waals surface area contributed by atoms with Gasteiger partial charge in [-0.1, -0.05) is 12.6 Å². The number of amides is 2. The molecule has 4 heterocycles. The van der Waals surface area contributed by atoms with Crippen molar-refractivity contribution in [1.29, 1.82) is 0 Å². The van der Waals surface area contributed by atoms with Crippen molar-refractivity contribution in [3.05, 3.63) is 53.4 Å². The molecule has 2 aliphatic rings. The quantitative estimate of drug-likeness (QED) is 0.457. The number of rotatable bonds is 7. The van der Waals surface area contributed by atoms with Crippen molar-refractivity contribution in [1.82, 2.24) is 30.0 Å². The molecule has 2 amide bonds. The smallest absolute Gasteiger partial charge is 0.246 e. The fourth-order valence-corrected chi connectivity index (χ4v) is 5.13. The van der Waals surface area contributed by atoms with E-state index in [9.17, 15) is 9.59 Å². The van der Waals surface area contributed by atoms with E-state index < -0.39 is 0 Å². The summed E-state index contributed by atoms with van der Waals surface area (Å²) in [5, 5.41) is 11.6. The highest BCUT2D eigenvalue weighted by Crippen LogP contribution is 2.38. The maximum absolute atomic E-state index is 12.1. The van der Waals surface area contributed by atoms with Gasteiger partial charge >= 0.3 is 0 Å². The summed E-state index contributed by atoms with van der Waals surface area (Å²) < 4.78 is 6.44. The molecule has 3 aromatic rings. The molecule has 0 saturated carbocycles. The summed E-state index contributed by atoms with van der Waals surface area (Å²) in [5.74, 6) is 1.29. The van der Waals surface area contributed by atoms with Gasteiger partial charge in [-0.2, -0.15) is 10.1 Å². The molecule has 1 fully saturated rings. The number of aromatic amines is 1. The van der Waals surface area contributed by atoms with E-state index in [1.807, 2.05) is 12.3 Å². The first-order valence-corrected chi connectivity index (χ1v) is 12.9. The van der Waals surface area contributed by atoms with Crippen molar-refractivity contribution in [3.63, 3.8) is 0 Å². The van der Waals surface area contributed by atoms with Crippen LogP contribution >= 0.6 is 0 Å². The molecule has 1 saturated heterocycles. The lowest BCUT2D eigenvalue weighted by atomic mass is 9.93. The Morgan fingerprint density at radius 2 is 2.03 bits per heavy atom. The van der Waals surface area contributed by atoms with E-state index in [4.69, 9.17) is 14.7 Å². The van der Waals surface area contributed by atoms with E-state index in [2.05, 4.69) is 40.0 Å². The van der Waals surface area contributed by atoms with Gasteiger partial charge in [0.1, 0.15) is 5.82 Å². The molecule has 200 valence electrons. The number of hydrogen-bond donors (Lipinski definition) is 2. The lowest BCUT2D eigenvalue weighted by molar-refractivity contribution is -0.128. The Balaban J connectivity index is 1.44. The average molecular weight is 519 g/mol. The average Bonchev–Trinajstić information content (AvgIpc) is 3.40. The number of anilines is 2. The van der Waals surface area contributed by atoms with Crippen LogP contribution < -0.4 is 10.2 Å². The highest BCUT2D eigenvalue weighted by molar-refractivity contribution is 5.87. The summed E-state index contributed by atoms with van der Waals surface area (Å²) in [4.78, 5) is 39.5. The molecule has 38 heavy (non-hydrogen) atoms. The summed E-state index contributed by atoms with van der Waals surface area (Å²) in [6.45, 7) is 9.00. The number of carbonyl (C=O) groups is 2. The SMILES string of the molecule is C=CC(=O)N1CCN(c2nc(NCCC(=O)N(C)C)nc3c2COC(c2c(C)ccc4[nH]ncc24)C3)CC1. The molecule has 11 heteroatoms. The number of aromatic nitrogens is 4. The summed E-state index contributed by atoms with van der Waals surface area (Å²) >= 11 is 0. The van der Waals surface area contributed by atoms with Crippen molar-refractivity contribution in [2.45, 2.75) is 32.5 Å². The summed E-state index contributed by atoms with van der Waals surface area (Å²) in [6.07, 6.45) is 3.97. The fraction of sp³-hybridized carbons (Fsp3) is 0.444. The van der Waals surface area contributed by atoms with Crippen LogP contribution in [0.4, 0.5) is 11.8 Å². The van der Waals surface area contributed by atoms with Gasteiger partial charge in [0.2, 0.25) is 17.8 Å². The number of piperazine rings is 1. The number of aryl methyl sites for hydroxylation is 1. The monoisotopic (exact) mass is 518 g/mol. The van der Waals surface area contributed by atoms with Crippen LogP contribution in [-0.4, -0.2) is 88.6 Å². The Labute approximate surface area is 221 Å². The Morgan fingerprint density at radius 1 is 1.24 bits per heavy atom. The Morgan fingerprint density at radius 3 is 2.76 bits per heavy atom. The minimum Gasteiger partial charge on any atom is -0.368 e. The van der Waals surface area contributed by atoms with E-state index in [-0.39, 0.29) is 17.9 Å². The molecule has 0 spiro atoms. The van der Waals surface area contributed by atoms with Crippen LogP contribution in [0.5, 0.6) is 0 Å². The largest absolute Gasteiger partial charge is 0.368 e. The number of nitrogens with one attached hydrogen (secondary N) is 2. The predicted octanol–water partition coefficient (Wildman–Crippen LogP) is 2.20. The number of ether oxygens (including phenoxy) is 1. The van der Waals surface area contributed by atoms with Crippen molar-refractivity contribution < 1.29 is 14.3 Å². The van der Waals surface area contributed by atoms with E-state index in [0.717, 1.165) is 39.1 Å². The third kappa shape index (κ3) is 5.06. The third-order valence-electron chi connectivity index (χ3n) is 7.27. The molecular formula is C27H34N8O3. The van der Waals surface area contributed by atoms with Crippen LogP contribution in [0, 0.1) is 6.92 Å². The summed E-state index contributed by atoms with van der Waals surface area (Å²) in [5.41, 5.74) is 5.13. The van der Waals surface area contributed by atoms with Crippen LogP contribution in [0.3, 0.4) is 0 Å². The first-order valence-electron chi connectivity index (χ1n) is 12.9. The first-order chi connectivity index (χ1) is 18.4. The molecule has 1 aromatic carbocycles. The van der Waals surface area contributed by atoms with Crippen LogP contribution in [0.25, 0.3) is 10.9 Å². The van der Waals surface area contributed by atoms with E-state index in [0.29, 0.717) is 58.1 Å². The molecule has 11 nitrogen and oxygen atoms in total.